The fraction of sp³-hybridized carbons (Fsp3) is 0.235. The van der Waals surface area contributed by atoms with E-state index in [-0.39, 0.29) is 5.91 Å². The Hall–Kier alpha value is -1.78. The van der Waals surface area contributed by atoms with Crippen molar-refractivity contribution in [1.82, 2.24) is 5.32 Å². The van der Waals surface area contributed by atoms with Crippen molar-refractivity contribution in [1.29, 1.82) is 0 Å². The van der Waals surface area contributed by atoms with Gasteiger partial charge in [-0.15, -0.1) is 11.8 Å². The van der Waals surface area contributed by atoms with Crippen molar-refractivity contribution >= 4 is 23.4 Å². The summed E-state index contributed by atoms with van der Waals surface area (Å²) in [5.41, 5.74) is 2.62. The van der Waals surface area contributed by atoms with Gasteiger partial charge in [-0.3, -0.25) is 4.79 Å². The van der Waals surface area contributed by atoms with Crippen LogP contribution in [-0.4, -0.2) is 25.8 Å². The first-order valence-corrected chi connectivity index (χ1v) is 8.15. The van der Waals surface area contributed by atoms with Gasteiger partial charge in [0.25, 0.3) is 5.91 Å². The molecule has 2 rings (SSSR count). The molecule has 2 N–H and O–H groups in total. The topological polar surface area (TPSA) is 41.1 Å². The molecule has 0 aromatic heterocycles. The Balaban J connectivity index is 2.12. The summed E-state index contributed by atoms with van der Waals surface area (Å²) in [5.74, 6) is -0.0568. The van der Waals surface area contributed by atoms with Crippen LogP contribution in [0, 0.1) is 0 Å². The lowest BCUT2D eigenvalue weighted by Gasteiger charge is -2.10. The van der Waals surface area contributed by atoms with Crippen molar-refractivity contribution in [3.63, 3.8) is 0 Å². The van der Waals surface area contributed by atoms with Gasteiger partial charge >= 0.3 is 0 Å². The number of carbonyl (C=O) groups is 1. The van der Waals surface area contributed by atoms with E-state index in [9.17, 15) is 4.79 Å². The number of nitrogens with one attached hydrogen (secondary N) is 2. The third-order valence-electron chi connectivity index (χ3n) is 3.25. The van der Waals surface area contributed by atoms with Crippen LogP contribution in [0.25, 0.3) is 0 Å². The Morgan fingerprint density at radius 2 is 1.81 bits per heavy atom. The molecule has 0 heterocycles. The number of carbonyl (C=O) groups excluding carboxylic acids is 1. The largest absolute Gasteiger partial charge is 0.322 e. The summed E-state index contributed by atoms with van der Waals surface area (Å²) in [7, 11) is 1.91. The number of anilines is 1. The number of likely N-dealkylation sites (N-methyl/N-ethyl adjacent to an activating group) is 1. The van der Waals surface area contributed by atoms with E-state index in [0.717, 1.165) is 29.8 Å². The molecule has 0 radical (unpaired) electrons. The van der Waals surface area contributed by atoms with Crippen LogP contribution in [0.3, 0.4) is 0 Å². The molecule has 3 nitrogen and oxygen atoms in total. The predicted molar refractivity (Wildman–Crippen MR) is 90.2 cm³/mol. The summed E-state index contributed by atoms with van der Waals surface area (Å²) in [4.78, 5) is 13.6. The third-order valence-corrected chi connectivity index (χ3v) is 4.00. The molecular formula is C17H20N2OS. The number of hydrogen-bond donors (Lipinski definition) is 2. The highest BCUT2D eigenvalue weighted by atomic mass is 32.2. The minimum atomic E-state index is -0.0568. The molecule has 0 saturated heterocycles. The van der Waals surface area contributed by atoms with Crippen LogP contribution in [0.1, 0.15) is 15.9 Å². The molecule has 0 unspecified atom stereocenters. The summed E-state index contributed by atoms with van der Waals surface area (Å²) in [6.07, 6.45) is 2.87. The van der Waals surface area contributed by atoms with E-state index in [1.807, 2.05) is 61.8 Å². The van der Waals surface area contributed by atoms with E-state index < -0.39 is 0 Å². The highest BCUT2D eigenvalue weighted by Gasteiger charge is 2.10. The highest BCUT2D eigenvalue weighted by Crippen LogP contribution is 2.18. The lowest BCUT2D eigenvalue weighted by molar-refractivity contribution is 0.102. The van der Waals surface area contributed by atoms with Crippen LogP contribution >= 0.6 is 11.8 Å². The Morgan fingerprint density at radius 3 is 2.48 bits per heavy atom. The van der Waals surface area contributed by atoms with E-state index >= 15 is 0 Å². The van der Waals surface area contributed by atoms with Crippen molar-refractivity contribution in [2.45, 2.75) is 11.3 Å². The zero-order chi connectivity index (χ0) is 15.1. The molecule has 1 amide bonds. The molecule has 0 saturated carbocycles. The zero-order valence-corrected chi connectivity index (χ0v) is 13.2. The first-order chi connectivity index (χ1) is 10.2. The van der Waals surface area contributed by atoms with Gasteiger partial charge in [0.15, 0.2) is 0 Å². The minimum Gasteiger partial charge on any atom is -0.322 e. The monoisotopic (exact) mass is 300 g/mol. The maximum absolute atomic E-state index is 12.4. The maximum atomic E-state index is 12.4. The van der Waals surface area contributed by atoms with Crippen molar-refractivity contribution in [3.05, 3.63) is 59.7 Å². The predicted octanol–water partition coefficient (Wildman–Crippen LogP) is 3.42. The summed E-state index contributed by atoms with van der Waals surface area (Å²) in [6.45, 7) is 0.854. The molecule has 4 heteroatoms. The smallest absolute Gasteiger partial charge is 0.255 e. The average molecular weight is 300 g/mol. The first-order valence-electron chi connectivity index (χ1n) is 6.92. The van der Waals surface area contributed by atoms with Crippen molar-refractivity contribution in [3.8, 4) is 0 Å². The van der Waals surface area contributed by atoms with Gasteiger partial charge in [-0.25, -0.2) is 0 Å². The second-order valence-corrected chi connectivity index (χ2v) is 5.57. The summed E-state index contributed by atoms with van der Waals surface area (Å²) >= 11 is 1.68. The van der Waals surface area contributed by atoms with Gasteiger partial charge in [-0.05, 0) is 62.2 Å². The van der Waals surface area contributed by atoms with Gasteiger partial charge in [0, 0.05) is 16.1 Å². The Morgan fingerprint density at radius 1 is 1.10 bits per heavy atom. The fourth-order valence-corrected chi connectivity index (χ4v) is 2.50. The van der Waals surface area contributed by atoms with Crippen LogP contribution in [0.5, 0.6) is 0 Å². The molecule has 0 fully saturated rings. The quantitative estimate of drug-likeness (QED) is 0.803. The third kappa shape index (κ3) is 4.34. The van der Waals surface area contributed by atoms with E-state index in [2.05, 4.69) is 10.6 Å². The second kappa shape index (κ2) is 7.86. The molecule has 0 bridgehead atoms. The van der Waals surface area contributed by atoms with Crippen molar-refractivity contribution in [2.75, 3.05) is 25.2 Å². The highest BCUT2D eigenvalue weighted by molar-refractivity contribution is 7.98. The average Bonchev–Trinajstić information content (AvgIpc) is 2.54. The maximum Gasteiger partial charge on any atom is 0.255 e. The van der Waals surface area contributed by atoms with Gasteiger partial charge in [-0.1, -0.05) is 18.2 Å². The van der Waals surface area contributed by atoms with E-state index in [1.165, 1.54) is 4.90 Å². The van der Waals surface area contributed by atoms with Gasteiger partial charge in [0.05, 0.1) is 0 Å². The van der Waals surface area contributed by atoms with Crippen LogP contribution in [0.4, 0.5) is 5.69 Å². The number of hydrogen-bond acceptors (Lipinski definition) is 3. The van der Waals surface area contributed by atoms with Crippen LogP contribution in [-0.2, 0) is 6.42 Å². The molecular weight excluding hydrogens is 280 g/mol. The first kappa shape index (κ1) is 15.6. The summed E-state index contributed by atoms with van der Waals surface area (Å²) in [5, 5.41) is 6.07. The molecule has 0 aliphatic heterocycles. The molecule has 0 spiro atoms. The summed E-state index contributed by atoms with van der Waals surface area (Å²) in [6, 6.07) is 15.6. The molecule has 2 aromatic carbocycles. The normalized spacial score (nSPS) is 10.4. The van der Waals surface area contributed by atoms with Crippen molar-refractivity contribution < 1.29 is 4.79 Å². The van der Waals surface area contributed by atoms with E-state index in [4.69, 9.17) is 0 Å². The van der Waals surface area contributed by atoms with Gasteiger partial charge < -0.3 is 10.6 Å². The van der Waals surface area contributed by atoms with Gasteiger partial charge in [0.2, 0.25) is 0 Å². The van der Waals surface area contributed by atoms with Crippen LogP contribution in [0.15, 0.2) is 53.4 Å². The number of amides is 1. The Bertz CT molecular complexity index is 596. The van der Waals surface area contributed by atoms with Crippen molar-refractivity contribution in [2.24, 2.45) is 0 Å². The molecule has 0 atom stereocenters. The lowest BCUT2D eigenvalue weighted by Crippen LogP contribution is -2.17. The Labute approximate surface area is 130 Å². The summed E-state index contributed by atoms with van der Waals surface area (Å²) < 4.78 is 0. The van der Waals surface area contributed by atoms with Gasteiger partial charge in [-0.2, -0.15) is 0 Å². The molecule has 0 aliphatic carbocycles. The second-order valence-electron chi connectivity index (χ2n) is 4.69. The van der Waals surface area contributed by atoms with E-state index in [1.54, 1.807) is 11.8 Å². The van der Waals surface area contributed by atoms with Crippen LogP contribution in [0.2, 0.25) is 0 Å². The SMILES string of the molecule is CNCCc1ccccc1C(=O)Nc1ccc(SC)cc1. The number of rotatable bonds is 6. The van der Waals surface area contributed by atoms with Crippen LogP contribution < -0.4 is 10.6 Å². The molecule has 21 heavy (non-hydrogen) atoms. The standard InChI is InChI=1S/C17H20N2OS/c1-18-12-11-13-5-3-4-6-16(13)17(20)19-14-7-9-15(21-2)10-8-14/h3-10,18H,11-12H2,1-2H3,(H,19,20). The Kier molecular flexibility index (Phi) is 5.84. The number of thioether (sulfide) groups is 1. The fourth-order valence-electron chi connectivity index (χ4n) is 2.09. The zero-order valence-electron chi connectivity index (χ0n) is 12.3. The lowest BCUT2D eigenvalue weighted by atomic mass is 10.0. The molecule has 0 aliphatic rings. The number of benzene rings is 2. The minimum absolute atomic E-state index is 0.0568. The van der Waals surface area contributed by atoms with E-state index in [0.29, 0.717) is 0 Å². The molecule has 110 valence electrons. The molecule has 2 aromatic rings. The van der Waals surface area contributed by atoms with Gasteiger partial charge in [0.1, 0.15) is 0 Å².